The SMILES string of the molecule is C\C=C/C=C\C=C(/C)CC. The largest absolute Gasteiger partial charge is 0.0877 e. The van der Waals surface area contributed by atoms with Gasteiger partial charge in [0.2, 0.25) is 0 Å². The zero-order chi connectivity index (χ0) is 7.82. The van der Waals surface area contributed by atoms with Crippen LogP contribution in [-0.4, -0.2) is 0 Å². The maximum absolute atomic E-state index is 2.16. The van der Waals surface area contributed by atoms with E-state index in [-0.39, 0.29) is 0 Å². The highest BCUT2D eigenvalue weighted by atomic mass is 13.8. The standard InChI is InChI=1S/C10H16/c1-4-6-7-8-9-10(3)5-2/h4,6-9H,5H2,1-3H3/b6-4-,8-7-,10-9+. The van der Waals surface area contributed by atoms with Crippen molar-refractivity contribution in [2.24, 2.45) is 0 Å². The van der Waals surface area contributed by atoms with E-state index in [0.717, 1.165) is 6.42 Å². The van der Waals surface area contributed by atoms with Gasteiger partial charge in [0.15, 0.2) is 0 Å². The van der Waals surface area contributed by atoms with Crippen molar-refractivity contribution >= 4 is 0 Å². The fraction of sp³-hybridized carbons (Fsp3) is 0.400. The van der Waals surface area contributed by atoms with E-state index < -0.39 is 0 Å². The summed E-state index contributed by atoms with van der Waals surface area (Å²) in [6.07, 6.45) is 11.4. The van der Waals surface area contributed by atoms with Gasteiger partial charge in [0.1, 0.15) is 0 Å². The van der Waals surface area contributed by atoms with Crippen LogP contribution < -0.4 is 0 Å². The summed E-state index contributed by atoms with van der Waals surface area (Å²) in [5, 5.41) is 0. The van der Waals surface area contributed by atoms with Gasteiger partial charge in [0.05, 0.1) is 0 Å². The molecule has 0 N–H and O–H groups in total. The third-order valence-electron chi connectivity index (χ3n) is 1.35. The van der Waals surface area contributed by atoms with E-state index in [1.165, 1.54) is 5.57 Å². The van der Waals surface area contributed by atoms with Crippen LogP contribution in [-0.2, 0) is 0 Å². The van der Waals surface area contributed by atoms with E-state index in [4.69, 9.17) is 0 Å². The van der Waals surface area contributed by atoms with Crippen LogP contribution in [0.3, 0.4) is 0 Å². The van der Waals surface area contributed by atoms with Crippen LogP contribution in [0.15, 0.2) is 36.0 Å². The first kappa shape index (κ1) is 9.22. The van der Waals surface area contributed by atoms with Crippen LogP contribution in [0, 0.1) is 0 Å². The molecule has 0 aliphatic rings. The lowest BCUT2D eigenvalue weighted by molar-refractivity contribution is 1.10. The Morgan fingerprint density at radius 3 is 2.40 bits per heavy atom. The lowest BCUT2D eigenvalue weighted by Gasteiger charge is -1.87. The summed E-state index contributed by atoms with van der Waals surface area (Å²) < 4.78 is 0. The van der Waals surface area contributed by atoms with Crippen LogP contribution in [0.5, 0.6) is 0 Å². The van der Waals surface area contributed by atoms with Crippen LogP contribution in [0.25, 0.3) is 0 Å². The summed E-state index contributed by atoms with van der Waals surface area (Å²) in [4.78, 5) is 0. The normalized spacial score (nSPS) is 13.7. The van der Waals surface area contributed by atoms with E-state index >= 15 is 0 Å². The van der Waals surface area contributed by atoms with Gasteiger partial charge < -0.3 is 0 Å². The van der Waals surface area contributed by atoms with Crippen molar-refractivity contribution in [2.45, 2.75) is 27.2 Å². The highest BCUT2D eigenvalue weighted by molar-refractivity contribution is 5.14. The maximum Gasteiger partial charge on any atom is -0.0349 e. The summed E-state index contributed by atoms with van der Waals surface area (Å²) in [5.41, 5.74) is 1.42. The van der Waals surface area contributed by atoms with Gasteiger partial charge in [-0.15, -0.1) is 0 Å². The minimum absolute atomic E-state index is 1.14. The first-order valence-electron chi connectivity index (χ1n) is 3.76. The van der Waals surface area contributed by atoms with E-state index in [2.05, 4.69) is 26.0 Å². The molecule has 0 aliphatic heterocycles. The Hall–Kier alpha value is -0.780. The van der Waals surface area contributed by atoms with Gasteiger partial charge in [0.25, 0.3) is 0 Å². The first-order chi connectivity index (χ1) is 4.81. The van der Waals surface area contributed by atoms with Crippen molar-refractivity contribution in [1.82, 2.24) is 0 Å². The molecule has 10 heavy (non-hydrogen) atoms. The summed E-state index contributed by atoms with van der Waals surface area (Å²) in [6.45, 7) is 6.32. The Bertz CT molecular complexity index is 147. The first-order valence-corrected chi connectivity index (χ1v) is 3.76. The molecule has 0 unspecified atom stereocenters. The fourth-order valence-electron chi connectivity index (χ4n) is 0.513. The summed E-state index contributed by atoms with van der Waals surface area (Å²) >= 11 is 0. The molecule has 0 spiro atoms. The molecule has 0 saturated carbocycles. The minimum atomic E-state index is 1.14. The van der Waals surface area contributed by atoms with Crippen LogP contribution in [0.1, 0.15) is 27.2 Å². The lowest BCUT2D eigenvalue weighted by atomic mass is 10.2. The third kappa shape index (κ3) is 5.36. The quantitative estimate of drug-likeness (QED) is 0.521. The Morgan fingerprint density at radius 2 is 1.90 bits per heavy atom. The fourth-order valence-corrected chi connectivity index (χ4v) is 0.513. The van der Waals surface area contributed by atoms with E-state index in [9.17, 15) is 0 Å². The molecule has 0 aliphatic carbocycles. The zero-order valence-corrected chi connectivity index (χ0v) is 7.09. The van der Waals surface area contributed by atoms with E-state index in [1.807, 2.05) is 25.2 Å². The molecule has 0 bridgehead atoms. The van der Waals surface area contributed by atoms with Gasteiger partial charge in [-0.1, -0.05) is 42.9 Å². The van der Waals surface area contributed by atoms with Gasteiger partial charge in [-0.2, -0.15) is 0 Å². The van der Waals surface area contributed by atoms with Gasteiger partial charge in [-0.05, 0) is 20.3 Å². The zero-order valence-electron chi connectivity index (χ0n) is 7.09. The molecule has 0 nitrogen and oxygen atoms in total. The van der Waals surface area contributed by atoms with Crippen molar-refractivity contribution in [3.05, 3.63) is 36.0 Å². The second-order valence-electron chi connectivity index (χ2n) is 2.28. The molecule has 0 atom stereocenters. The Morgan fingerprint density at radius 1 is 1.20 bits per heavy atom. The molecule has 0 aromatic carbocycles. The monoisotopic (exact) mass is 136 g/mol. The summed E-state index contributed by atoms with van der Waals surface area (Å²) in [5.74, 6) is 0. The van der Waals surface area contributed by atoms with Gasteiger partial charge in [0, 0.05) is 0 Å². The molecule has 0 amide bonds. The van der Waals surface area contributed by atoms with Crippen molar-refractivity contribution in [3.8, 4) is 0 Å². The van der Waals surface area contributed by atoms with Gasteiger partial charge in [-0.3, -0.25) is 0 Å². The Balaban J connectivity index is 3.70. The van der Waals surface area contributed by atoms with E-state index in [1.54, 1.807) is 0 Å². The Kier molecular flexibility index (Phi) is 5.85. The molecular weight excluding hydrogens is 120 g/mol. The molecule has 0 heteroatoms. The second kappa shape index (κ2) is 6.34. The molecule has 0 aromatic rings. The number of hydrogen-bond acceptors (Lipinski definition) is 0. The molecule has 56 valence electrons. The van der Waals surface area contributed by atoms with Crippen molar-refractivity contribution in [1.29, 1.82) is 0 Å². The average molecular weight is 136 g/mol. The topological polar surface area (TPSA) is 0 Å². The molecule has 0 aromatic heterocycles. The number of hydrogen-bond donors (Lipinski definition) is 0. The average Bonchev–Trinajstić information content (AvgIpc) is 1.98. The lowest BCUT2D eigenvalue weighted by Crippen LogP contribution is -1.66. The number of allylic oxidation sites excluding steroid dienone is 6. The van der Waals surface area contributed by atoms with Gasteiger partial charge in [-0.25, -0.2) is 0 Å². The summed E-state index contributed by atoms with van der Waals surface area (Å²) in [6, 6.07) is 0. The highest BCUT2D eigenvalue weighted by Crippen LogP contribution is 1.97. The van der Waals surface area contributed by atoms with Crippen LogP contribution in [0.2, 0.25) is 0 Å². The smallest absolute Gasteiger partial charge is 0.0349 e. The molecule has 0 rings (SSSR count). The Labute approximate surface area is 64.0 Å². The van der Waals surface area contributed by atoms with Gasteiger partial charge >= 0.3 is 0 Å². The van der Waals surface area contributed by atoms with Crippen molar-refractivity contribution in [3.63, 3.8) is 0 Å². The molecule has 0 saturated heterocycles. The van der Waals surface area contributed by atoms with Crippen molar-refractivity contribution in [2.75, 3.05) is 0 Å². The molecule has 0 fully saturated rings. The molecule has 0 radical (unpaired) electrons. The maximum atomic E-state index is 2.16. The predicted molar refractivity (Wildman–Crippen MR) is 48.0 cm³/mol. The predicted octanol–water partition coefficient (Wildman–Crippen LogP) is 3.48. The summed E-state index contributed by atoms with van der Waals surface area (Å²) in [7, 11) is 0. The third-order valence-corrected chi connectivity index (χ3v) is 1.35. The molecular formula is C10H16. The van der Waals surface area contributed by atoms with Crippen molar-refractivity contribution < 1.29 is 0 Å². The highest BCUT2D eigenvalue weighted by Gasteiger charge is 1.76. The second-order valence-corrected chi connectivity index (χ2v) is 2.28. The molecule has 0 heterocycles. The van der Waals surface area contributed by atoms with Crippen LogP contribution in [0.4, 0.5) is 0 Å². The number of rotatable bonds is 3. The minimum Gasteiger partial charge on any atom is -0.0877 e. The van der Waals surface area contributed by atoms with E-state index in [0.29, 0.717) is 0 Å². The van der Waals surface area contributed by atoms with Crippen LogP contribution >= 0.6 is 0 Å².